The maximum absolute atomic E-state index is 12.7. The van der Waals surface area contributed by atoms with Gasteiger partial charge in [-0.05, 0) is 46.2 Å². The lowest BCUT2D eigenvalue weighted by atomic mass is 9.88. The van der Waals surface area contributed by atoms with Crippen LogP contribution in [-0.4, -0.2) is 44.6 Å². The standard InChI is InChI=1S/C21H29N3O5/c1-20(2,3)29-19(28)21(4,5)11-17(25)24(22)16(18(26)27)10-13-12-23-15-9-7-6-8-14(13)15/h6-9,12,16,23H,10-11,22H2,1-5H3,(H,26,27). The lowest BCUT2D eigenvalue weighted by Crippen LogP contribution is -2.52. The molecule has 0 saturated heterocycles. The van der Waals surface area contributed by atoms with E-state index in [1.165, 1.54) is 0 Å². The van der Waals surface area contributed by atoms with Crippen molar-refractivity contribution in [1.82, 2.24) is 9.99 Å². The number of ether oxygens (including phenoxy) is 1. The summed E-state index contributed by atoms with van der Waals surface area (Å²) in [6.45, 7) is 8.35. The molecule has 0 radical (unpaired) electrons. The van der Waals surface area contributed by atoms with E-state index in [-0.39, 0.29) is 12.8 Å². The van der Waals surface area contributed by atoms with Gasteiger partial charge in [0.25, 0.3) is 0 Å². The Kier molecular flexibility index (Phi) is 6.37. The van der Waals surface area contributed by atoms with Crippen LogP contribution in [0.15, 0.2) is 30.5 Å². The molecule has 1 atom stereocenters. The van der Waals surface area contributed by atoms with Gasteiger partial charge < -0.3 is 14.8 Å². The third-order valence-corrected chi connectivity index (χ3v) is 4.54. The summed E-state index contributed by atoms with van der Waals surface area (Å²) in [5.74, 6) is 3.49. The summed E-state index contributed by atoms with van der Waals surface area (Å²) in [6, 6.07) is 6.20. The van der Waals surface area contributed by atoms with E-state index in [4.69, 9.17) is 10.6 Å². The average Bonchev–Trinajstić information content (AvgIpc) is 3.00. The van der Waals surface area contributed by atoms with Crippen molar-refractivity contribution in [3.8, 4) is 0 Å². The monoisotopic (exact) mass is 403 g/mol. The molecule has 8 nitrogen and oxygen atoms in total. The molecule has 1 heterocycles. The largest absolute Gasteiger partial charge is 0.480 e. The Morgan fingerprint density at radius 2 is 1.79 bits per heavy atom. The van der Waals surface area contributed by atoms with Gasteiger partial charge in [-0.15, -0.1) is 0 Å². The van der Waals surface area contributed by atoms with Gasteiger partial charge in [-0.3, -0.25) is 14.6 Å². The molecule has 0 fully saturated rings. The summed E-state index contributed by atoms with van der Waals surface area (Å²) in [5.41, 5.74) is -0.236. The number of aromatic nitrogens is 1. The second-order valence-electron chi connectivity index (χ2n) is 8.78. The highest BCUT2D eigenvalue weighted by Crippen LogP contribution is 2.27. The van der Waals surface area contributed by atoms with E-state index in [2.05, 4.69) is 4.98 Å². The topological polar surface area (TPSA) is 126 Å². The molecule has 0 aliphatic carbocycles. The van der Waals surface area contributed by atoms with Gasteiger partial charge in [0.1, 0.15) is 11.6 Å². The van der Waals surface area contributed by atoms with Crippen LogP contribution in [0, 0.1) is 5.41 Å². The van der Waals surface area contributed by atoms with Crippen LogP contribution in [0.5, 0.6) is 0 Å². The number of carbonyl (C=O) groups excluding carboxylic acids is 2. The molecule has 1 aromatic carbocycles. The van der Waals surface area contributed by atoms with Gasteiger partial charge in [-0.2, -0.15) is 0 Å². The summed E-state index contributed by atoms with van der Waals surface area (Å²) < 4.78 is 5.35. The van der Waals surface area contributed by atoms with Crippen LogP contribution in [0.4, 0.5) is 0 Å². The summed E-state index contributed by atoms with van der Waals surface area (Å²) in [7, 11) is 0. The van der Waals surface area contributed by atoms with Gasteiger partial charge in [-0.1, -0.05) is 18.2 Å². The zero-order chi connectivity index (χ0) is 22.0. The van der Waals surface area contributed by atoms with Crippen molar-refractivity contribution in [3.63, 3.8) is 0 Å². The van der Waals surface area contributed by atoms with E-state index in [1.54, 1.807) is 40.8 Å². The Morgan fingerprint density at radius 3 is 2.38 bits per heavy atom. The van der Waals surface area contributed by atoms with Crippen LogP contribution >= 0.6 is 0 Å². The number of esters is 1. The van der Waals surface area contributed by atoms with Crippen LogP contribution in [0.2, 0.25) is 0 Å². The number of nitrogens with zero attached hydrogens (tertiary/aromatic N) is 1. The second-order valence-corrected chi connectivity index (χ2v) is 8.78. The van der Waals surface area contributed by atoms with Crippen molar-refractivity contribution in [2.24, 2.45) is 11.3 Å². The molecule has 1 amide bonds. The Hall–Kier alpha value is -2.87. The van der Waals surface area contributed by atoms with E-state index in [0.717, 1.165) is 16.5 Å². The molecular formula is C21H29N3O5. The predicted molar refractivity (Wildman–Crippen MR) is 109 cm³/mol. The molecule has 2 aromatic rings. The molecule has 0 aliphatic rings. The van der Waals surface area contributed by atoms with Crippen molar-refractivity contribution in [2.75, 3.05) is 0 Å². The zero-order valence-corrected chi connectivity index (χ0v) is 17.5. The molecule has 29 heavy (non-hydrogen) atoms. The molecule has 0 saturated carbocycles. The van der Waals surface area contributed by atoms with Crippen LogP contribution in [0.1, 0.15) is 46.6 Å². The second kappa shape index (κ2) is 8.24. The molecular weight excluding hydrogens is 374 g/mol. The smallest absolute Gasteiger partial charge is 0.328 e. The molecule has 1 unspecified atom stereocenters. The Labute approximate surface area is 170 Å². The lowest BCUT2D eigenvalue weighted by Gasteiger charge is -2.30. The van der Waals surface area contributed by atoms with E-state index in [9.17, 15) is 19.5 Å². The van der Waals surface area contributed by atoms with Crippen molar-refractivity contribution >= 4 is 28.7 Å². The van der Waals surface area contributed by atoms with E-state index in [1.807, 2.05) is 24.3 Å². The van der Waals surface area contributed by atoms with Crippen molar-refractivity contribution in [1.29, 1.82) is 0 Å². The number of carbonyl (C=O) groups is 3. The molecule has 158 valence electrons. The first kappa shape index (κ1) is 22.4. The highest BCUT2D eigenvalue weighted by atomic mass is 16.6. The maximum atomic E-state index is 12.7. The third-order valence-electron chi connectivity index (χ3n) is 4.54. The van der Waals surface area contributed by atoms with Crippen LogP contribution < -0.4 is 5.84 Å². The number of benzene rings is 1. The Morgan fingerprint density at radius 1 is 1.17 bits per heavy atom. The number of carboxylic acids is 1. The molecule has 0 spiro atoms. The van der Waals surface area contributed by atoms with E-state index < -0.39 is 34.9 Å². The van der Waals surface area contributed by atoms with Gasteiger partial charge in [0.15, 0.2) is 0 Å². The van der Waals surface area contributed by atoms with E-state index >= 15 is 0 Å². The Balaban J connectivity index is 2.15. The van der Waals surface area contributed by atoms with Gasteiger partial charge >= 0.3 is 11.9 Å². The van der Waals surface area contributed by atoms with Crippen molar-refractivity contribution in [3.05, 3.63) is 36.0 Å². The third kappa shape index (κ3) is 5.57. The first-order valence-corrected chi connectivity index (χ1v) is 9.40. The van der Waals surface area contributed by atoms with Crippen molar-refractivity contribution < 1.29 is 24.2 Å². The molecule has 8 heteroatoms. The predicted octanol–water partition coefficient (Wildman–Crippen LogP) is 2.62. The fourth-order valence-corrected chi connectivity index (χ4v) is 2.95. The van der Waals surface area contributed by atoms with Crippen LogP contribution in [-0.2, 0) is 25.5 Å². The normalized spacial score (nSPS) is 13.2. The number of hydrogen-bond acceptors (Lipinski definition) is 5. The fraction of sp³-hybridized carbons (Fsp3) is 0.476. The van der Waals surface area contributed by atoms with Crippen molar-refractivity contribution in [2.45, 2.75) is 59.1 Å². The number of fused-ring (bicyclic) bond motifs is 1. The number of nitrogens with one attached hydrogen (secondary N) is 1. The summed E-state index contributed by atoms with van der Waals surface area (Å²) in [4.78, 5) is 40.0. The minimum Gasteiger partial charge on any atom is -0.480 e. The molecule has 2 rings (SSSR count). The summed E-state index contributed by atoms with van der Waals surface area (Å²) in [6.07, 6.45) is 1.48. The summed E-state index contributed by atoms with van der Waals surface area (Å²) >= 11 is 0. The highest BCUT2D eigenvalue weighted by Gasteiger charge is 2.38. The first-order valence-electron chi connectivity index (χ1n) is 9.40. The quantitative estimate of drug-likeness (QED) is 0.282. The number of aromatic amines is 1. The van der Waals surface area contributed by atoms with Crippen LogP contribution in [0.25, 0.3) is 10.9 Å². The number of carboxylic acid groups (broad SMARTS) is 1. The number of amides is 1. The van der Waals surface area contributed by atoms with Gasteiger partial charge in [0.05, 0.1) is 5.41 Å². The van der Waals surface area contributed by atoms with Gasteiger partial charge in [0.2, 0.25) is 5.91 Å². The number of rotatable bonds is 7. The fourth-order valence-electron chi connectivity index (χ4n) is 2.95. The number of H-pyrrole nitrogens is 1. The SMILES string of the molecule is CC(C)(C)OC(=O)C(C)(C)CC(=O)N(N)C(Cc1c[nH]c2ccccc12)C(=O)O. The minimum atomic E-state index is -1.27. The molecule has 0 bridgehead atoms. The molecule has 0 aliphatic heterocycles. The number of hydrogen-bond donors (Lipinski definition) is 3. The number of para-hydroxylation sites is 1. The number of aliphatic carboxylic acids is 1. The van der Waals surface area contributed by atoms with Gasteiger partial charge in [0, 0.05) is 29.9 Å². The number of hydrazine groups is 1. The first-order chi connectivity index (χ1) is 13.3. The average molecular weight is 403 g/mol. The Bertz CT molecular complexity index is 910. The van der Waals surface area contributed by atoms with Crippen LogP contribution in [0.3, 0.4) is 0 Å². The van der Waals surface area contributed by atoms with E-state index in [0.29, 0.717) is 5.01 Å². The molecule has 1 aromatic heterocycles. The zero-order valence-electron chi connectivity index (χ0n) is 17.5. The number of nitrogens with two attached hydrogens (primary N) is 1. The lowest BCUT2D eigenvalue weighted by molar-refractivity contribution is -0.168. The van der Waals surface area contributed by atoms with Gasteiger partial charge in [-0.25, -0.2) is 10.6 Å². The molecule has 4 N–H and O–H groups in total. The summed E-state index contributed by atoms with van der Waals surface area (Å²) in [5, 5.41) is 11.2. The maximum Gasteiger partial charge on any atom is 0.328 e. The minimum absolute atomic E-state index is 0.0362. The highest BCUT2D eigenvalue weighted by molar-refractivity contribution is 5.89.